The summed E-state index contributed by atoms with van der Waals surface area (Å²) in [6, 6.07) is 11.4. The maximum Gasteiger partial charge on any atom is 0.271 e. The van der Waals surface area contributed by atoms with Crippen molar-refractivity contribution in [2.24, 2.45) is 5.92 Å². The Bertz CT molecular complexity index is 688. The van der Waals surface area contributed by atoms with Gasteiger partial charge in [-0.1, -0.05) is 18.2 Å². The van der Waals surface area contributed by atoms with Crippen molar-refractivity contribution < 1.29 is 4.79 Å². The molecule has 2 heterocycles. The van der Waals surface area contributed by atoms with E-state index in [1.165, 1.54) is 0 Å². The molecule has 6 heteroatoms. The summed E-state index contributed by atoms with van der Waals surface area (Å²) >= 11 is 0. The summed E-state index contributed by atoms with van der Waals surface area (Å²) in [4.78, 5) is 13.9. The van der Waals surface area contributed by atoms with Gasteiger partial charge in [0.1, 0.15) is 0 Å². The third-order valence-electron chi connectivity index (χ3n) is 3.82. The van der Waals surface area contributed by atoms with E-state index in [4.69, 9.17) is 5.26 Å². The van der Waals surface area contributed by atoms with Crippen molar-refractivity contribution in [3.05, 3.63) is 48.3 Å². The Morgan fingerprint density at radius 3 is 2.91 bits per heavy atom. The van der Waals surface area contributed by atoms with Crippen molar-refractivity contribution in [2.75, 3.05) is 19.6 Å². The van der Waals surface area contributed by atoms with Crippen molar-refractivity contribution in [3.63, 3.8) is 0 Å². The Morgan fingerprint density at radius 2 is 2.18 bits per heavy atom. The van der Waals surface area contributed by atoms with Gasteiger partial charge in [0.2, 0.25) is 0 Å². The van der Waals surface area contributed by atoms with Gasteiger partial charge >= 0.3 is 0 Å². The molecule has 1 aromatic heterocycles. The molecule has 0 spiro atoms. The maximum absolute atomic E-state index is 12.1. The van der Waals surface area contributed by atoms with Crippen LogP contribution in [0.5, 0.6) is 0 Å². The van der Waals surface area contributed by atoms with Gasteiger partial charge in [0, 0.05) is 25.8 Å². The average molecular weight is 295 g/mol. The zero-order valence-electron chi connectivity index (χ0n) is 12.1. The smallest absolute Gasteiger partial charge is 0.271 e. The van der Waals surface area contributed by atoms with Crippen LogP contribution >= 0.6 is 0 Å². The zero-order chi connectivity index (χ0) is 15.4. The molecule has 1 atom stereocenters. The van der Waals surface area contributed by atoms with E-state index in [2.05, 4.69) is 16.6 Å². The Balaban J connectivity index is 1.57. The summed E-state index contributed by atoms with van der Waals surface area (Å²) in [5.41, 5.74) is 1.32. The normalized spacial score (nSPS) is 17.2. The highest BCUT2D eigenvalue weighted by Gasteiger charge is 2.22. The molecule has 0 saturated carbocycles. The summed E-state index contributed by atoms with van der Waals surface area (Å²) in [6.45, 7) is 2.07. The first-order valence-corrected chi connectivity index (χ1v) is 7.30. The first-order chi connectivity index (χ1) is 10.8. The molecule has 112 valence electrons. The lowest BCUT2D eigenvalue weighted by Gasteiger charge is -2.10. The van der Waals surface area contributed by atoms with Crippen LogP contribution in [-0.2, 0) is 0 Å². The van der Waals surface area contributed by atoms with Gasteiger partial charge in [0.05, 0.1) is 5.69 Å². The molecule has 1 amide bonds. The number of amides is 1. The van der Waals surface area contributed by atoms with Crippen LogP contribution in [0.2, 0.25) is 0 Å². The SMILES string of the molecule is N#CN1CCC(CNC(=O)c2ccn(-c3ccccc3)n2)C1. The molecule has 1 aliphatic heterocycles. The Hall–Kier alpha value is -2.81. The maximum atomic E-state index is 12.1. The predicted octanol–water partition coefficient (Wildman–Crippen LogP) is 1.41. The van der Waals surface area contributed by atoms with Gasteiger partial charge in [-0.25, -0.2) is 4.68 Å². The minimum atomic E-state index is -0.176. The molecule has 0 radical (unpaired) electrons. The van der Waals surface area contributed by atoms with Crippen LogP contribution in [0.3, 0.4) is 0 Å². The summed E-state index contributed by atoms with van der Waals surface area (Å²) < 4.78 is 1.68. The Kier molecular flexibility index (Phi) is 4.05. The molecule has 1 saturated heterocycles. The number of nitrogens with one attached hydrogen (secondary N) is 1. The lowest BCUT2D eigenvalue weighted by atomic mass is 10.1. The molecule has 1 aromatic carbocycles. The number of benzene rings is 1. The molecule has 0 bridgehead atoms. The number of hydrogen-bond acceptors (Lipinski definition) is 4. The average Bonchev–Trinajstić information content (AvgIpc) is 3.22. The van der Waals surface area contributed by atoms with Crippen molar-refractivity contribution in [1.29, 1.82) is 5.26 Å². The van der Waals surface area contributed by atoms with Crippen LogP contribution in [0.25, 0.3) is 5.69 Å². The number of carbonyl (C=O) groups excluding carboxylic acids is 1. The monoisotopic (exact) mass is 295 g/mol. The number of nitriles is 1. The lowest BCUT2D eigenvalue weighted by Crippen LogP contribution is -2.30. The standard InChI is InChI=1S/C16H17N5O/c17-12-20-8-6-13(11-20)10-18-16(22)15-7-9-21(19-15)14-4-2-1-3-5-14/h1-5,7,9,13H,6,8,10-11H2,(H,18,22). The van der Waals surface area contributed by atoms with Crippen LogP contribution in [0.1, 0.15) is 16.9 Å². The van der Waals surface area contributed by atoms with Gasteiger partial charge in [-0.3, -0.25) is 4.79 Å². The van der Waals surface area contributed by atoms with Gasteiger partial charge in [-0.05, 0) is 30.5 Å². The van der Waals surface area contributed by atoms with Crippen LogP contribution < -0.4 is 5.32 Å². The van der Waals surface area contributed by atoms with E-state index in [1.54, 1.807) is 21.8 Å². The van der Waals surface area contributed by atoms with Crippen molar-refractivity contribution in [1.82, 2.24) is 20.0 Å². The van der Waals surface area contributed by atoms with E-state index in [0.717, 1.165) is 25.2 Å². The minimum absolute atomic E-state index is 0.176. The second kappa shape index (κ2) is 6.31. The fraction of sp³-hybridized carbons (Fsp3) is 0.312. The van der Waals surface area contributed by atoms with Crippen LogP contribution in [0.15, 0.2) is 42.6 Å². The summed E-state index contributed by atoms with van der Waals surface area (Å²) in [5, 5.41) is 16.0. The van der Waals surface area contributed by atoms with Gasteiger partial charge < -0.3 is 10.2 Å². The number of carbonyl (C=O) groups is 1. The van der Waals surface area contributed by atoms with Crippen LogP contribution in [0, 0.1) is 17.4 Å². The van der Waals surface area contributed by atoms with E-state index >= 15 is 0 Å². The van der Waals surface area contributed by atoms with Crippen molar-refractivity contribution in [3.8, 4) is 11.9 Å². The molecular formula is C16H17N5O. The van der Waals surface area contributed by atoms with E-state index in [9.17, 15) is 4.79 Å². The minimum Gasteiger partial charge on any atom is -0.350 e. The van der Waals surface area contributed by atoms with Crippen LogP contribution in [-0.4, -0.2) is 40.2 Å². The zero-order valence-corrected chi connectivity index (χ0v) is 12.1. The van der Waals surface area contributed by atoms with Gasteiger partial charge in [-0.15, -0.1) is 0 Å². The number of para-hydroxylation sites is 1. The quantitative estimate of drug-likeness (QED) is 0.865. The van der Waals surface area contributed by atoms with Crippen molar-refractivity contribution in [2.45, 2.75) is 6.42 Å². The molecule has 1 unspecified atom stereocenters. The number of hydrogen-bond donors (Lipinski definition) is 1. The van der Waals surface area contributed by atoms with Gasteiger partial charge in [-0.2, -0.15) is 10.4 Å². The van der Waals surface area contributed by atoms with E-state index in [1.807, 2.05) is 30.3 Å². The fourth-order valence-electron chi connectivity index (χ4n) is 2.59. The largest absolute Gasteiger partial charge is 0.350 e. The molecule has 6 nitrogen and oxygen atoms in total. The number of likely N-dealkylation sites (tertiary alicyclic amines) is 1. The van der Waals surface area contributed by atoms with Gasteiger partial charge in [0.15, 0.2) is 11.9 Å². The first-order valence-electron chi connectivity index (χ1n) is 7.30. The first kappa shape index (κ1) is 14.1. The molecule has 1 fully saturated rings. The third-order valence-corrected chi connectivity index (χ3v) is 3.82. The second-order valence-electron chi connectivity index (χ2n) is 5.39. The highest BCUT2D eigenvalue weighted by molar-refractivity contribution is 5.92. The molecule has 0 aliphatic carbocycles. The molecule has 3 rings (SSSR count). The molecular weight excluding hydrogens is 278 g/mol. The van der Waals surface area contributed by atoms with Gasteiger partial charge in [0.25, 0.3) is 5.91 Å². The lowest BCUT2D eigenvalue weighted by molar-refractivity contribution is 0.0942. The van der Waals surface area contributed by atoms with E-state index < -0.39 is 0 Å². The Morgan fingerprint density at radius 1 is 1.36 bits per heavy atom. The number of rotatable bonds is 4. The summed E-state index contributed by atoms with van der Waals surface area (Å²) in [6.07, 6.45) is 4.85. The van der Waals surface area contributed by atoms with Crippen molar-refractivity contribution >= 4 is 5.91 Å². The van der Waals surface area contributed by atoms with E-state index in [0.29, 0.717) is 18.2 Å². The molecule has 1 aliphatic rings. The molecule has 2 aromatic rings. The number of aromatic nitrogens is 2. The molecule has 22 heavy (non-hydrogen) atoms. The fourth-order valence-corrected chi connectivity index (χ4v) is 2.59. The van der Waals surface area contributed by atoms with E-state index in [-0.39, 0.29) is 5.91 Å². The number of nitrogens with zero attached hydrogens (tertiary/aromatic N) is 4. The topological polar surface area (TPSA) is 74.0 Å². The predicted molar refractivity (Wildman–Crippen MR) is 81.2 cm³/mol. The summed E-state index contributed by atoms with van der Waals surface area (Å²) in [5.74, 6) is 0.157. The third kappa shape index (κ3) is 3.09. The Labute approximate surface area is 129 Å². The summed E-state index contributed by atoms with van der Waals surface area (Å²) in [7, 11) is 0. The molecule has 1 N–H and O–H groups in total. The highest BCUT2D eigenvalue weighted by atomic mass is 16.1. The second-order valence-corrected chi connectivity index (χ2v) is 5.39. The van der Waals surface area contributed by atoms with Crippen LogP contribution in [0.4, 0.5) is 0 Å². The highest BCUT2D eigenvalue weighted by Crippen LogP contribution is 2.14.